The first kappa shape index (κ1) is 9.43. The van der Waals surface area contributed by atoms with Gasteiger partial charge in [0.2, 0.25) is 5.28 Å². The van der Waals surface area contributed by atoms with Crippen LogP contribution in [0.5, 0.6) is 0 Å². The second-order valence-corrected chi connectivity index (χ2v) is 4.63. The van der Waals surface area contributed by atoms with Gasteiger partial charge in [-0.25, -0.2) is 4.98 Å². The molecule has 0 aliphatic heterocycles. The van der Waals surface area contributed by atoms with E-state index in [2.05, 4.69) is 14.5 Å². The van der Waals surface area contributed by atoms with Gasteiger partial charge < -0.3 is 4.57 Å². The zero-order valence-corrected chi connectivity index (χ0v) is 9.46. The third kappa shape index (κ3) is 1.70. The van der Waals surface area contributed by atoms with Crippen molar-refractivity contribution < 1.29 is 0 Å². The van der Waals surface area contributed by atoms with E-state index in [0.717, 1.165) is 23.5 Å². The van der Waals surface area contributed by atoms with Crippen LogP contribution in [0.3, 0.4) is 0 Å². The van der Waals surface area contributed by atoms with Crippen molar-refractivity contribution in [2.45, 2.75) is 19.4 Å². The lowest BCUT2D eigenvalue weighted by molar-refractivity contribution is 0.642. The quantitative estimate of drug-likeness (QED) is 0.598. The van der Waals surface area contributed by atoms with Gasteiger partial charge in [0.1, 0.15) is 10.8 Å². The molecule has 0 saturated heterocycles. The van der Waals surface area contributed by atoms with Gasteiger partial charge in [-0.05, 0) is 36.4 Å². The van der Waals surface area contributed by atoms with E-state index in [1.54, 1.807) is 0 Å². The van der Waals surface area contributed by atoms with E-state index in [1.807, 2.05) is 12.3 Å². The molecule has 0 radical (unpaired) electrons. The smallest absolute Gasteiger partial charge is 0.225 e. The minimum absolute atomic E-state index is 0.211. The SMILES string of the molecule is Clc1nc(Cl)c2ccn(CC3CC3)c2n1. The number of aromatic nitrogens is 3. The summed E-state index contributed by atoms with van der Waals surface area (Å²) in [7, 11) is 0. The van der Waals surface area contributed by atoms with E-state index < -0.39 is 0 Å². The summed E-state index contributed by atoms with van der Waals surface area (Å²) in [6.07, 6.45) is 4.62. The van der Waals surface area contributed by atoms with Crippen molar-refractivity contribution in [2.75, 3.05) is 0 Å². The van der Waals surface area contributed by atoms with Crippen LogP contribution in [0.4, 0.5) is 0 Å². The lowest BCUT2D eigenvalue weighted by atomic mass is 10.4. The average Bonchev–Trinajstić information content (AvgIpc) is 2.89. The summed E-state index contributed by atoms with van der Waals surface area (Å²) >= 11 is 11.8. The number of fused-ring (bicyclic) bond motifs is 1. The van der Waals surface area contributed by atoms with Gasteiger partial charge in [-0.15, -0.1) is 0 Å². The molecule has 1 saturated carbocycles. The van der Waals surface area contributed by atoms with Crippen LogP contribution in [0, 0.1) is 5.92 Å². The first-order valence-electron chi connectivity index (χ1n) is 4.92. The molecule has 15 heavy (non-hydrogen) atoms. The summed E-state index contributed by atoms with van der Waals surface area (Å²) in [5.74, 6) is 0.799. The van der Waals surface area contributed by atoms with Crippen molar-refractivity contribution in [1.29, 1.82) is 0 Å². The van der Waals surface area contributed by atoms with Crippen LogP contribution >= 0.6 is 23.2 Å². The maximum Gasteiger partial charge on any atom is 0.225 e. The molecular formula is C10H9Cl2N3. The number of hydrogen-bond acceptors (Lipinski definition) is 2. The van der Waals surface area contributed by atoms with Crippen LogP contribution in [0.1, 0.15) is 12.8 Å². The second kappa shape index (κ2) is 3.35. The molecule has 1 aliphatic carbocycles. The highest BCUT2D eigenvalue weighted by molar-refractivity contribution is 6.35. The number of nitrogens with zero attached hydrogens (tertiary/aromatic N) is 3. The van der Waals surface area contributed by atoms with Gasteiger partial charge >= 0.3 is 0 Å². The van der Waals surface area contributed by atoms with Crippen LogP contribution in [0.25, 0.3) is 11.0 Å². The normalized spacial score (nSPS) is 16.1. The Morgan fingerprint density at radius 3 is 2.87 bits per heavy atom. The van der Waals surface area contributed by atoms with E-state index in [-0.39, 0.29) is 5.28 Å². The van der Waals surface area contributed by atoms with Crippen LogP contribution in [-0.2, 0) is 6.54 Å². The molecule has 3 nitrogen and oxygen atoms in total. The Bertz CT molecular complexity index is 517. The Morgan fingerprint density at radius 2 is 2.13 bits per heavy atom. The molecule has 5 heteroatoms. The second-order valence-electron chi connectivity index (χ2n) is 3.93. The van der Waals surface area contributed by atoms with E-state index in [4.69, 9.17) is 23.2 Å². The number of halogens is 2. The van der Waals surface area contributed by atoms with Gasteiger partial charge in [0.15, 0.2) is 0 Å². The Balaban J connectivity index is 2.14. The molecule has 3 rings (SSSR count). The molecule has 0 amide bonds. The lowest BCUT2D eigenvalue weighted by Gasteiger charge is -2.03. The third-order valence-electron chi connectivity index (χ3n) is 2.70. The van der Waals surface area contributed by atoms with Gasteiger partial charge in [-0.2, -0.15) is 4.98 Å². The zero-order chi connectivity index (χ0) is 10.4. The maximum absolute atomic E-state index is 5.98. The van der Waals surface area contributed by atoms with Crippen molar-refractivity contribution in [1.82, 2.24) is 14.5 Å². The highest BCUT2D eigenvalue weighted by Crippen LogP contribution is 2.32. The highest BCUT2D eigenvalue weighted by Gasteiger charge is 2.22. The predicted molar refractivity (Wildman–Crippen MR) is 60.3 cm³/mol. The fourth-order valence-corrected chi connectivity index (χ4v) is 2.16. The monoisotopic (exact) mass is 241 g/mol. The molecule has 0 N–H and O–H groups in total. The van der Waals surface area contributed by atoms with E-state index in [0.29, 0.717) is 5.15 Å². The fourth-order valence-electron chi connectivity index (χ4n) is 1.73. The number of hydrogen-bond donors (Lipinski definition) is 0. The van der Waals surface area contributed by atoms with Crippen molar-refractivity contribution in [2.24, 2.45) is 5.92 Å². The first-order valence-corrected chi connectivity index (χ1v) is 5.67. The molecular weight excluding hydrogens is 233 g/mol. The van der Waals surface area contributed by atoms with Gasteiger partial charge in [0.05, 0.1) is 5.39 Å². The Labute approximate surface area is 97.0 Å². The Morgan fingerprint density at radius 1 is 1.33 bits per heavy atom. The molecule has 0 unspecified atom stereocenters. The predicted octanol–water partition coefficient (Wildman–Crippen LogP) is 3.15. The topological polar surface area (TPSA) is 30.7 Å². The molecule has 0 spiro atoms. The van der Waals surface area contributed by atoms with Crippen molar-refractivity contribution >= 4 is 34.2 Å². The minimum Gasteiger partial charge on any atom is -0.332 e. The molecule has 0 aromatic carbocycles. The lowest BCUT2D eigenvalue weighted by Crippen LogP contribution is -1.99. The average molecular weight is 242 g/mol. The summed E-state index contributed by atoms with van der Waals surface area (Å²) in [4.78, 5) is 8.13. The standard InChI is InChI=1S/C10H9Cl2N3/c11-8-7-3-4-15(5-6-1-2-6)9(7)14-10(12)13-8/h3-4,6H,1-2,5H2. The summed E-state index contributed by atoms with van der Waals surface area (Å²) in [5, 5.41) is 1.52. The van der Waals surface area contributed by atoms with Crippen molar-refractivity contribution in [3.05, 3.63) is 22.7 Å². The summed E-state index contributed by atoms with van der Waals surface area (Å²) in [5.41, 5.74) is 0.840. The van der Waals surface area contributed by atoms with Crippen LogP contribution in [0.2, 0.25) is 10.4 Å². The van der Waals surface area contributed by atoms with Gasteiger partial charge in [-0.1, -0.05) is 11.6 Å². The molecule has 1 aliphatic rings. The zero-order valence-electron chi connectivity index (χ0n) is 7.95. The van der Waals surface area contributed by atoms with Crippen LogP contribution in [0.15, 0.2) is 12.3 Å². The largest absolute Gasteiger partial charge is 0.332 e. The van der Waals surface area contributed by atoms with Crippen molar-refractivity contribution in [3.8, 4) is 0 Å². The minimum atomic E-state index is 0.211. The first-order chi connectivity index (χ1) is 7.24. The summed E-state index contributed by atoms with van der Waals surface area (Å²) in [6.45, 7) is 1.01. The van der Waals surface area contributed by atoms with Crippen molar-refractivity contribution in [3.63, 3.8) is 0 Å². The molecule has 2 aromatic rings. The highest BCUT2D eigenvalue weighted by atomic mass is 35.5. The molecule has 78 valence electrons. The van der Waals surface area contributed by atoms with Gasteiger partial charge in [0, 0.05) is 12.7 Å². The summed E-state index contributed by atoms with van der Waals surface area (Å²) < 4.78 is 2.10. The molecule has 2 aromatic heterocycles. The van der Waals surface area contributed by atoms with E-state index >= 15 is 0 Å². The summed E-state index contributed by atoms with van der Waals surface area (Å²) in [6, 6.07) is 1.94. The van der Waals surface area contributed by atoms with E-state index in [1.165, 1.54) is 12.8 Å². The number of rotatable bonds is 2. The third-order valence-corrected chi connectivity index (χ3v) is 3.15. The Kier molecular flexibility index (Phi) is 2.11. The van der Waals surface area contributed by atoms with E-state index in [9.17, 15) is 0 Å². The molecule has 0 atom stereocenters. The Hall–Kier alpha value is -0.800. The fraction of sp³-hybridized carbons (Fsp3) is 0.400. The molecule has 2 heterocycles. The maximum atomic E-state index is 5.98. The van der Waals surface area contributed by atoms with Crippen LogP contribution < -0.4 is 0 Å². The van der Waals surface area contributed by atoms with Gasteiger partial charge in [-0.3, -0.25) is 0 Å². The molecule has 1 fully saturated rings. The van der Waals surface area contributed by atoms with Crippen LogP contribution in [-0.4, -0.2) is 14.5 Å². The molecule has 0 bridgehead atoms. The van der Waals surface area contributed by atoms with Gasteiger partial charge in [0.25, 0.3) is 0 Å².